The zero-order valence-electron chi connectivity index (χ0n) is 11.5. The van der Waals surface area contributed by atoms with Crippen molar-refractivity contribution in [2.75, 3.05) is 13.1 Å². The Bertz CT molecular complexity index is 485. The van der Waals surface area contributed by atoms with Gasteiger partial charge in [0.05, 0.1) is 11.0 Å². The maximum atomic E-state index is 13.5. The van der Waals surface area contributed by atoms with E-state index in [2.05, 4.69) is 4.90 Å². The van der Waals surface area contributed by atoms with Crippen molar-refractivity contribution >= 4 is 5.69 Å². The van der Waals surface area contributed by atoms with Crippen LogP contribution >= 0.6 is 0 Å². The van der Waals surface area contributed by atoms with Crippen molar-refractivity contribution in [3.8, 4) is 0 Å². The first kappa shape index (κ1) is 14.9. The standard InChI is InChI=1S/C14H19FN2O3/c1-10(18)12-4-6-16(7-5-12)9-11-2-3-14(17(19)20)13(15)8-11/h2-3,8,10,12,18H,4-7,9H2,1H3. The molecule has 1 aromatic rings. The van der Waals surface area contributed by atoms with Crippen LogP contribution in [0.5, 0.6) is 0 Å². The van der Waals surface area contributed by atoms with Crippen LogP contribution in [-0.2, 0) is 6.54 Å². The van der Waals surface area contributed by atoms with Crippen LogP contribution in [0.2, 0.25) is 0 Å². The summed E-state index contributed by atoms with van der Waals surface area (Å²) in [6, 6.07) is 4.05. The van der Waals surface area contributed by atoms with Crippen LogP contribution in [0.1, 0.15) is 25.3 Å². The van der Waals surface area contributed by atoms with Gasteiger partial charge >= 0.3 is 5.69 Å². The van der Waals surface area contributed by atoms with E-state index < -0.39 is 16.4 Å². The number of piperidine rings is 1. The zero-order chi connectivity index (χ0) is 14.7. The molecule has 2 rings (SSSR count). The second-order valence-corrected chi connectivity index (χ2v) is 5.40. The maximum Gasteiger partial charge on any atom is 0.304 e. The number of nitro groups is 1. The molecule has 0 bridgehead atoms. The lowest BCUT2D eigenvalue weighted by Gasteiger charge is -2.33. The quantitative estimate of drug-likeness (QED) is 0.680. The summed E-state index contributed by atoms with van der Waals surface area (Å²) < 4.78 is 13.5. The van der Waals surface area contributed by atoms with Crippen LogP contribution < -0.4 is 0 Å². The van der Waals surface area contributed by atoms with Gasteiger partial charge in [-0.25, -0.2) is 0 Å². The van der Waals surface area contributed by atoms with E-state index in [-0.39, 0.29) is 6.10 Å². The molecule has 1 atom stereocenters. The molecule has 1 heterocycles. The number of hydrogen-bond donors (Lipinski definition) is 1. The molecular formula is C14H19FN2O3. The van der Waals surface area contributed by atoms with Gasteiger partial charge in [0.1, 0.15) is 0 Å². The van der Waals surface area contributed by atoms with Gasteiger partial charge in [-0.2, -0.15) is 4.39 Å². The third-order valence-corrected chi connectivity index (χ3v) is 3.93. The first-order valence-corrected chi connectivity index (χ1v) is 6.80. The van der Waals surface area contributed by atoms with Gasteiger partial charge < -0.3 is 5.11 Å². The van der Waals surface area contributed by atoms with Crippen molar-refractivity contribution < 1.29 is 14.4 Å². The van der Waals surface area contributed by atoms with Crippen molar-refractivity contribution in [1.82, 2.24) is 4.90 Å². The summed E-state index contributed by atoms with van der Waals surface area (Å²) in [6.45, 7) is 4.11. The predicted octanol–water partition coefficient (Wildman–Crippen LogP) is 2.33. The number of likely N-dealkylation sites (tertiary alicyclic amines) is 1. The van der Waals surface area contributed by atoms with Gasteiger partial charge in [0.25, 0.3) is 0 Å². The van der Waals surface area contributed by atoms with Crippen molar-refractivity contribution in [2.45, 2.75) is 32.4 Å². The second-order valence-electron chi connectivity index (χ2n) is 5.40. The highest BCUT2D eigenvalue weighted by atomic mass is 19.1. The maximum absolute atomic E-state index is 13.5. The van der Waals surface area contributed by atoms with Crippen molar-refractivity contribution in [1.29, 1.82) is 0 Å². The van der Waals surface area contributed by atoms with Gasteiger partial charge in [-0.05, 0) is 50.4 Å². The summed E-state index contributed by atoms with van der Waals surface area (Å²) in [7, 11) is 0. The lowest BCUT2D eigenvalue weighted by molar-refractivity contribution is -0.387. The summed E-state index contributed by atoms with van der Waals surface area (Å²) in [4.78, 5) is 12.0. The largest absolute Gasteiger partial charge is 0.393 e. The summed E-state index contributed by atoms with van der Waals surface area (Å²) in [6.07, 6.45) is 1.56. The van der Waals surface area contributed by atoms with Crippen LogP contribution in [0.3, 0.4) is 0 Å². The Balaban J connectivity index is 1.95. The van der Waals surface area contributed by atoms with Gasteiger partial charge in [-0.3, -0.25) is 15.0 Å². The molecule has 0 amide bonds. The Labute approximate surface area is 117 Å². The lowest BCUT2D eigenvalue weighted by atomic mass is 9.92. The van der Waals surface area contributed by atoms with E-state index in [0.717, 1.165) is 31.5 Å². The van der Waals surface area contributed by atoms with E-state index in [1.54, 1.807) is 6.07 Å². The zero-order valence-corrected chi connectivity index (χ0v) is 11.5. The van der Waals surface area contributed by atoms with E-state index in [1.165, 1.54) is 12.1 Å². The van der Waals surface area contributed by atoms with E-state index >= 15 is 0 Å². The fraction of sp³-hybridized carbons (Fsp3) is 0.571. The number of aliphatic hydroxyl groups excluding tert-OH is 1. The molecular weight excluding hydrogens is 263 g/mol. The van der Waals surface area contributed by atoms with Crippen LogP contribution in [0.25, 0.3) is 0 Å². The second kappa shape index (κ2) is 6.28. The number of aliphatic hydroxyl groups is 1. The van der Waals surface area contributed by atoms with Gasteiger partial charge in [0.15, 0.2) is 0 Å². The molecule has 0 aliphatic carbocycles. The van der Waals surface area contributed by atoms with E-state index in [4.69, 9.17) is 0 Å². The van der Waals surface area contributed by atoms with Crippen molar-refractivity contribution in [2.24, 2.45) is 5.92 Å². The minimum absolute atomic E-state index is 0.283. The molecule has 1 fully saturated rings. The van der Waals surface area contributed by atoms with Gasteiger partial charge in [0, 0.05) is 12.6 Å². The van der Waals surface area contributed by atoms with Crippen LogP contribution in [-0.4, -0.2) is 34.1 Å². The minimum atomic E-state index is -0.786. The van der Waals surface area contributed by atoms with Crippen LogP contribution in [0.4, 0.5) is 10.1 Å². The molecule has 1 N–H and O–H groups in total. The normalized spacial score (nSPS) is 18.9. The first-order valence-electron chi connectivity index (χ1n) is 6.80. The molecule has 1 saturated heterocycles. The summed E-state index contributed by atoms with van der Waals surface area (Å²) in [5.41, 5.74) is 0.255. The Kier molecular flexibility index (Phi) is 4.67. The molecule has 0 saturated carbocycles. The van der Waals surface area contributed by atoms with Crippen LogP contribution in [0.15, 0.2) is 18.2 Å². The SMILES string of the molecule is CC(O)C1CCN(Cc2ccc([N+](=O)[O-])c(F)c2)CC1. The molecule has 20 heavy (non-hydrogen) atoms. The highest BCUT2D eigenvalue weighted by molar-refractivity contribution is 5.34. The molecule has 5 nitrogen and oxygen atoms in total. The third-order valence-electron chi connectivity index (χ3n) is 3.93. The monoisotopic (exact) mass is 282 g/mol. The highest BCUT2D eigenvalue weighted by Crippen LogP contribution is 2.23. The molecule has 0 aromatic heterocycles. The smallest absolute Gasteiger partial charge is 0.304 e. The molecule has 1 unspecified atom stereocenters. The molecule has 0 radical (unpaired) electrons. The number of nitrogens with zero attached hydrogens (tertiary/aromatic N) is 2. The predicted molar refractivity (Wildman–Crippen MR) is 72.7 cm³/mol. The lowest BCUT2D eigenvalue weighted by Crippen LogP contribution is -2.36. The molecule has 1 aliphatic rings. The van der Waals surface area contributed by atoms with E-state index in [9.17, 15) is 19.6 Å². The fourth-order valence-corrected chi connectivity index (χ4v) is 2.65. The summed E-state index contributed by atoms with van der Waals surface area (Å²) in [5, 5.41) is 20.1. The van der Waals surface area contributed by atoms with Crippen LogP contribution in [0, 0.1) is 21.8 Å². The number of rotatable bonds is 4. The Morgan fingerprint density at radius 3 is 2.65 bits per heavy atom. The van der Waals surface area contributed by atoms with Gasteiger partial charge in [0.2, 0.25) is 5.82 Å². The number of benzene rings is 1. The number of nitro benzene ring substituents is 1. The van der Waals surface area contributed by atoms with Crippen molar-refractivity contribution in [3.05, 3.63) is 39.7 Å². The topological polar surface area (TPSA) is 66.6 Å². The summed E-state index contributed by atoms with van der Waals surface area (Å²) >= 11 is 0. The third kappa shape index (κ3) is 3.52. The van der Waals surface area contributed by atoms with E-state index in [0.29, 0.717) is 12.5 Å². The molecule has 110 valence electrons. The Morgan fingerprint density at radius 1 is 1.50 bits per heavy atom. The Morgan fingerprint density at radius 2 is 2.15 bits per heavy atom. The fourth-order valence-electron chi connectivity index (χ4n) is 2.65. The number of hydrogen-bond acceptors (Lipinski definition) is 4. The van der Waals surface area contributed by atoms with Gasteiger partial charge in [-0.1, -0.05) is 6.07 Å². The van der Waals surface area contributed by atoms with E-state index in [1.807, 2.05) is 6.92 Å². The number of halogens is 1. The molecule has 1 aliphatic heterocycles. The van der Waals surface area contributed by atoms with Gasteiger partial charge in [-0.15, -0.1) is 0 Å². The molecule has 0 spiro atoms. The average molecular weight is 282 g/mol. The summed E-state index contributed by atoms with van der Waals surface area (Å²) in [5.74, 6) is -0.453. The molecule has 6 heteroatoms. The highest BCUT2D eigenvalue weighted by Gasteiger charge is 2.23. The minimum Gasteiger partial charge on any atom is -0.393 e. The Hall–Kier alpha value is -1.53. The molecule has 1 aromatic carbocycles. The average Bonchev–Trinajstić information content (AvgIpc) is 2.39. The van der Waals surface area contributed by atoms with Crippen molar-refractivity contribution in [3.63, 3.8) is 0 Å². The first-order chi connectivity index (χ1) is 9.47.